The second-order valence-electron chi connectivity index (χ2n) is 3.59. The maximum atomic E-state index is 4.25. The second-order valence-corrected chi connectivity index (χ2v) is 8.61. The van der Waals surface area contributed by atoms with Gasteiger partial charge in [-0.1, -0.05) is 0 Å². The maximum Gasteiger partial charge on any atom is 0.00507 e. The van der Waals surface area contributed by atoms with E-state index in [0.717, 1.165) is 16.4 Å². The quantitative estimate of drug-likeness (QED) is 0.352. The summed E-state index contributed by atoms with van der Waals surface area (Å²) >= 11 is 8.51. The van der Waals surface area contributed by atoms with Crippen molar-refractivity contribution in [1.82, 2.24) is 6.15 Å². The van der Waals surface area contributed by atoms with Gasteiger partial charge < -0.3 is 6.15 Å². The molecular formula is C9H23NP2S2. The fraction of sp³-hybridized carbons (Fsp3) is 1.00. The topological polar surface area (TPSA) is 35.0 Å². The predicted molar refractivity (Wildman–Crippen MR) is 80.3 cm³/mol. The molecule has 0 aromatic rings. The molecule has 2 unspecified atom stereocenters. The van der Waals surface area contributed by atoms with Crippen LogP contribution in [0.2, 0.25) is 0 Å². The summed E-state index contributed by atoms with van der Waals surface area (Å²) in [4.78, 5) is 0.839. The van der Waals surface area contributed by atoms with Crippen molar-refractivity contribution in [2.75, 3.05) is 23.8 Å². The van der Waals surface area contributed by atoms with E-state index in [2.05, 4.69) is 25.3 Å². The molecule has 0 heterocycles. The Hall–Kier alpha value is 1.52. The van der Waals surface area contributed by atoms with Crippen molar-refractivity contribution in [2.45, 2.75) is 30.6 Å². The number of rotatable bonds is 8. The molecule has 1 saturated carbocycles. The molecule has 0 aliphatic heterocycles. The third-order valence-electron chi connectivity index (χ3n) is 2.35. The standard InChI is InChI=1S/C9H20P2S2.H3N/c12-7-1-5-10-9(3-4-9)11-6-2-8-13;/h10-13H,1-8H2;1H3. The van der Waals surface area contributed by atoms with Gasteiger partial charge >= 0.3 is 0 Å². The molecule has 1 fully saturated rings. The highest BCUT2D eigenvalue weighted by molar-refractivity contribution is 7.80. The molecule has 0 aromatic heterocycles. The molecule has 0 bridgehead atoms. The maximum absolute atomic E-state index is 4.25. The monoisotopic (exact) mass is 271 g/mol. The van der Waals surface area contributed by atoms with Crippen molar-refractivity contribution >= 4 is 42.4 Å². The van der Waals surface area contributed by atoms with Gasteiger partial charge in [-0.15, -0.1) is 17.2 Å². The van der Waals surface area contributed by atoms with Crippen LogP contribution in [0.1, 0.15) is 25.7 Å². The van der Waals surface area contributed by atoms with E-state index in [1.807, 2.05) is 0 Å². The summed E-state index contributed by atoms with van der Waals surface area (Å²) in [6, 6.07) is 0. The predicted octanol–water partition coefficient (Wildman–Crippen LogP) is 3.64. The highest BCUT2D eigenvalue weighted by atomic mass is 32.1. The summed E-state index contributed by atoms with van der Waals surface area (Å²) in [6.45, 7) is 0. The van der Waals surface area contributed by atoms with Crippen molar-refractivity contribution in [3.8, 4) is 0 Å². The van der Waals surface area contributed by atoms with Crippen LogP contribution in [0.3, 0.4) is 0 Å². The third-order valence-corrected chi connectivity index (χ3v) is 7.60. The first-order valence-corrected chi connectivity index (χ1v) is 8.73. The van der Waals surface area contributed by atoms with E-state index in [1.165, 1.54) is 55.2 Å². The van der Waals surface area contributed by atoms with Gasteiger partial charge in [0, 0.05) is 4.90 Å². The van der Waals surface area contributed by atoms with Crippen LogP contribution < -0.4 is 6.15 Å². The van der Waals surface area contributed by atoms with Crippen molar-refractivity contribution in [2.24, 2.45) is 0 Å². The average Bonchev–Trinajstić information content (AvgIpc) is 2.87. The molecule has 5 heteroatoms. The normalized spacial score (nSPS) is 19.3. The lowest BCUT2D eigenvalue weighted by atomic mass is 10.6. The Kier molecular flexibility index (Phi) is 9.59. The summed E-state index contributed by atoms with van der Waals surface area (Å²) in [5.41, 5.74) is 0. The zero-order valence-corrected chi connectivity index (χ0v) is 12.5. The fourth-order valence-electron chi connectivity index (χ4n) is 1.35. The lowest BCUT2D eigenvalue weighted by molar-refractivity contribution is 1.10. The van der Waals surface area contributed by atoms with E-state index >= 15 is 0 Å². The first kappa shape index (κ1) is 15.5. The zero-order valence-electron chi connectivity index (χ0n) is 8.76. The van der Waals surface area contributed by atoms with Gasteiger partial charge in [0.25, 0.3) is 0 Å². The van der Waals surface area contributed by atoms with E-state index in [9.17, 15) is 0 Å². The molecule has 0 aromatic carbocycles. The van der Waals surface area contributed by atoms with E-state index in [-0.39, 0.29) is 6.15 Å². The van der Waals surface area contributed by atoms with Crippen LogP contribution in [0.5, 0.6) is 0 Å². The number of thiol groups is 2. The van der Waals surface area contributed by atoms with Crippen LogP contribution in [-0.4, -0.2) is 28.7 Å². The van der Waals surface area contributed by atoms with Crippen LogP contribution in [0.15, 0.2) is 0 Å². The van der Waals surface area contributed by atoms with E-state index < -0.39 is 0 Å². The Balaban J connectivity index is 0.00000169. The van der Waals surface area contributed by atoms with Gasteiger partial charge in [-0.2, -0.15) is 25.3 Å². The van der Waals surface area contributed by atoms with Gasteiger partial charge in [0.1, 0.15) is 0 Å². The highest BCUT2D eigenvalue weighted by Gasteiger charge is 2.40. The van der Waals surface area contributed by atoms with Gasteiger partial charge in [-0.25, -0.2) is 0 Å². The molecule has 1 aliphatic rings. The molecular weight excluding hydrogens is 248 g/mol. The molecule has 0 amide bonds. The smallest absolute Gasteiger partial charge is 0.00507 e. The molecule has 86 valence electrons. The molecule has 2 atom stereocenters. The molecule has 0 radical (unpaired) electrons. The molecule has 0 spiro atoms. The Labute approximate surface area is 103 Å². The van der Waals surface area contributed by atoms with Crippen molar-refractivity contribution in [3.05, 3.63) is 0 Å². The van der Waals surface area contributed by atoms with Gasteiger partial charge in [0.15, 0.2) is 0 Å². The second kappa shape index (κ2) is 8.65. The number of hydrogen-bond acceptors (Lipinski definition) is 3. The van der Waals surface area contributed by atoms with E-state index in [1.54, 1.807) is 0 Å². The van der Waals surface area contributed by atoms with Crippen molar-refractivity contribution < 1.29 is 0 Å². The summed E-state index contributed by atoms with van der Waals surface area (Å²) in [6.07, 6.45) is 8.53. The van der Waals surface area contributed by atoms with Crippen LogP contribution in [0.4, 0.5) is 0 Å². The average molecular weight is 271 g/mol. The lowest BCUT2D eigenvalue weighted by Crippen LogP contribution is -1.95. The third kappa shape index (κ3) is 6.18. The lowest BCUT2D eigenvalue weighted by Gasteiger charge is -2.14. The van der Waals surface area contributed by atoms with E-state index in [4.69, 9.17) is 0 Å². The van der Waals surface area contributed by atoms with Crippen molar-refractivity contribution in [1.29, 1.82) is 0 Å². The SMILES string of the molecule is N.SCCCPC1(PCCCS)CC1. The summed E-state index contributed by atoms with van der Waals surface area (Å²) in [7, 11) is 2.45. The minimum Gasteiger partial charge on any atom is -0.344 e. The Morgan fingerprint density at radius 1 is 0.929 bits per heavy atom. The van der Waals surface area contributed by atoms with Gasteiger partial charge in [0.2, 0.25) is 0 Å². The van der Waals surface area contributed by atoms with E-state index in [0.29, 0.717) is 0 Å². The zero-order chi connectivity index (χ0) is 9.57. The summed E-state index contributed by atoms with van der Waals surface area (Å²) in [5.74, 6) is 2.14. The molecule has 1 nitrogen and oxygen atoms in total. The van der Waals surface area contributed by atoms with Crippen LogP contribution >= 0.6 is 42.4 Å². The first-order chi connectivity index (χ1) is 6.33. The van der Waals surface area contributed by atoms with Gasteiger partial charge in [0.05, 0.1) is 0 Å². The first-order valence-electron chi connectivity index (χ1n) is 5.05. The Bertz CT molecular complexity index is 131. The van der Waals surface area contributed by atoms with Crippen LogP contribution in [0, 0.1) is 0 Å². The minimum absolute atomic E-state index is 0. The molecule has 3 N–H and O–H groups in total. The van der Waals surface area contributed by atoms with Crippen LogP contribution in [-0.2, 0) is 0 Å². The Morgan fingerprint density at radius 3 is 1.64 bits per heavy atom. The molecule has 1 aliphatic carbocycles. The number of hydrogen-bond donors (Lipinski definition) is 3. The van der Waals surface area contributed by atoms with Gasteiger partial charge in [-0.05, 0) is 49.5 Å². The van der Waals surface area contributed by atoms with Crippen LogP contribution in [0.25, 0.3) is 0 Å². The fourth-order valence-corrected chi connectivity index (χ4v) is 6.14. The van der Waals surface area contributed by atoms with Gasteiger partial charge in [-0.3, -0.25) is 0 Å². The summed E-state index contributed by atoms with van der Waals surface area (Å²) in [5, 5.41) is 0. The molecule has 0 saturated heterocycles. The summed E-state index contributed by atoms with van der Waals surface area (Å²) < 4.78 is 0. The molecule has 1 rings (SSSR count). The largest absolute Gasteiger partial charge is 0.344 e. The highest BCUT2D eigenvalue weighted by Crippen LogP contribution is 2.63. The van der Waals surface area contributed by atoms with Crippen molar-refractivity contribution in [3.63, 3.8) is 0 Å². The minimum atomic E-state index is 0. The molecule has 14 heavy (non-hydrogen) atoms. The Morgan fingerprint density at radius 2 is 1.36 bits per heavy atom.